The van der Waals surface area contributed by atoms with Crippen LogP contribution < -0.4 is 15.8 Å². The van der Waals surface area contributed by atoms with Gasteiger partial charge in [0, 0.05) is 61.0 Å². The number of pyridine rings is 2. The van der Waals surface area contributed by atoms with E-state index in [4.69, 9.17) is 0 Å². The third-order valence-electron chi connectivity index (χ3n) is 9.05. The van der Waals surface area contributed by atoms with Crippen molar-refractivity contribution in [2.24, 2.45) is 13.0 Å². The third kappa shape index (κ3) is 5.94. The van der Waals surface area contributed by atoms with Crippen LogP contribution in [0.1, 0.15) is 63.5 Å². The number of thiophene rings is 1. The SMILES string of the molecule is CCN1CC(c2ccc(Nc3cc(-c4cc(F)cc(N5CCc6c(sc(CC(C)C)c6C)C5=O)c4CO)cn(C)c3=O)nc2)C1. The topological polar surface area (TPSA) is 90.7 Å². The van der Waals surface area contributed by atoms with Gasteiger partial charge in [-0.05, 0) is 78.7 Å². The maximum Gasteiger partial charge on any atom is 0.274 e. The summed E-state index contributed by atoms with van der Waals surface area (Å²) >= 11 is 1.53. The minimum absolute atomic E-state index is 0.174. The number of amides is 1. The number of aromatic nitrogens is 2. The van der Waals surface area contributed by atoms with E-state index in [1.165, 1.54) is 44.0 Å². The zero-order valence-electron chi connectivity index (χ0n) is 26.5. The van der Waals surface area contributed by atoms with Gasteiger partial charge in [0.15, 0.2) is 0 Å². The Hall–Kier alpha value is -3.86. The number of hydrogen-bond acceptors (Lipinski definition) is 7. The van der Waals surface area contributed by atoms with Crippen molar-refractivity contribution in [2.45, 2.75) is 53.1 Å². The number of anilines is 3. The number of rotatable bonds is 9. The number of nitrogens with one attached hydrogen (secondary N) is 1. The number of benzene rings is 1. The quantitative estimate of drug-likeness (QED) is 0.236. The van der Waals surface area contributed by atoms with Gasteiger partial charge >= 0.3 is 0 Å². The van der Waals surface area contributed by atoms with Crippen molar-refractivity contribution in [3.8, 4) is 11.1 Å². The molecule has 1 amide bonds. The van der Waals surface area contributed by atoms with Crippen LogP contribution in [0, 0.1) is 18.7 Å². The van der Waals surface area contributed by atoms with Crippen LogP contribution in [0.3, 0.4) is 0 Å². The predicted molar refractivity (Wildman–Crippen MR) is 178 cm³/mol. The van der Waals surface area contributed by atoms with Gasteiger partial charge in [-0.3, -0.25) is 9.59 Å². The predicted octanol–water partition coefficient (Wildman–Crippen LogP) is 6.01. The zero-order chi connectivity index (χ0) is 32.0. The van der Waals surface area contributed by atoms with Gasteiger partial charge in [0.2, 0.25) is 0 Å². The summed E-state index contributed by atoms with van der Waals surface area (Å²) < 4.78 is 16.7. The first-order valence-corrected chi connectivity index (χ1v) is 16.4. The van der Waals surface area contributed by atoms with E-state index >= 15 is 4.39 Å². The van der Waals surface area contributed by atoms with Crippen LogP contribution in [-0.2, 0) is 26.5 Å². The van der Waals surface area contributed by atoms with Crippen LogP contribution in [0.25, 0.3) is 11.1 Å². The summed E-state index contributed by atoms with van der Waals surface area (Å²) in [6.45, 7) is 11.6. The molecule has 2 aliphatic heterocycles. The lowest BCUT2D eigenvalue weighted by Gasteiger charge is -2.38. The van der Waals surface area contributed by atoms with Gasteiger partial charge in [0.25, 0.3) is 11.5 Å². The normalized spacial score (nSPS) is 15.5. The molecule has 45 heavy (non-hydrogen) atoms. The van der Waals surface area contributed by atoms with Gasteiger partial charge in [0.05, 0.1) is 17.2 Å². The highest BCUT2D eigenvalue weighted by Gasteiger charge is 2.32. The second-order valence-corrected chi connectivity index (χ2v) is 13.7. The molecule has 0 saturated carbocycles. The number of carbonyl (C=O) groups excluding carboxylic acids is 1. The Labute approximate surface area is 267 Å². The Morgan fingerprint density at radius 2 is 1.96 bits per heavy atom. The highest BCUT2D eigenvalue weighted by Crippen LogP contribution is 2.39. The van der Waals surface area contributed by atoms with Crippen LogP contribution >= 0.6 is 11.3 Å². The number of likely N-dealkylation sites (tertiary alicyclic amines) is 1. The Bertz CT molecular complexity index is 1810. The summed E-state index contributed by atoms with van der Waals surface area (Å²) in [5.74, 6) is 0.757. The molecule has 0 aliphatic carbocycles. The number of aryl methyl sites for hydroxylation is 1. The lowest BCUT2D eigenvalue weighted by atomic mass is 9.93. The Kier molecular flexibility index (Phi) is 8.65. The molecule has 0 radical (unpaired) electrons. The van der Waals surface area contributed by atoms with E-state index in [0.717, 1.165) is 31.6 Å². The summed E-state index contributed by atoms with van der Waals surface area (Å²) in [6, 6.07) is 8.22. The third-order valence-corrected chi connectivity index (χ3v) is 10.4. The number of fused-ring (bicyclic) bond motifs is 1. The van der Waals surface area contributed by atoms with E-state index in [0.29, 0.717) is 57.9 Å². The fourth-order valence-electron chi connectivity index (χ4n) is 6.45. The number of carbonyl (C=O) groups is 1. The fraction of sp³-hybridized carbons (Fsp3) is 0.400. The van der Waals surface area contributed by atoms with Crippen molar-refractivity contribution >= 4 is 34.4 Å². The molecule has 1 aromatic carbocycles. The fourth-order valence-corrected chi connectivity index (χ4v) is 7.97. The van der Waals surface area contributed by atoms with Crippen molar-refractivity contribution in [1.82, 2.24) is 14.5 Å². The van der Waals surface area contributed by atoms with Crippen LogP contribution in [0.4, 0.5) is 21.6 Å². The number of likely N-dealkylation sites (N-methyl/N-ethyl adjacent to an activating group) is 1. The maximum atomic E-state index is 15.3. The van der Waals surface area contributed by atoms with Gasteiger partial charge < -0.3 is 24.8 Å². The second kappa shape index (κ2) is 12.5. The lowest BCUT2D eigenvalue weighted by Crippen LogP contribution is -2.44. The summed E-state index contributed by atoms with van der Waals surface area (Å²) in [5.41, 5.74) is 5.15. The number of hydrogen-bond donors (Lipinski definition) is 2. The van der Waals surface area contributed by atoms with Gasteiger partial charge in [-0.25, -0.2) is 9.37 Å². The lowest BCUT2D eigenvalue weighted by molar-refractivity contribution is 0.0984. The van der Waals surface area contributed by atoms with E-state index in [2.05, 4.69) is 42.9 Å². The average Bonchev–Trinajstić information content (AvgIpc) is 3.30. The molecule has 236 valence electrons. The molecule has 1 saturated heterocycles. The van der Waals surface area contributed by atoms with Crippen molar-refractivity contribution in [3.63, 3.8) is 0 Å². The Morgan fingerprint density at radius 1 is 1.18 bits per heavy atom. The highest BCUT2D eigenvalue weighted by atomic mass is 32.1. The van der Waals surface area contributed by atoms with Crippen molar-refractivity contribution in [2.75, 3.05) is 36.4 Å². The average molecular weight is 630 g/mol. The molecule has 0 atom stereocenters. The van der Waals surface area contributed by atoms with Gasteiger partial charge in [-0.1, -0.05) is 26.8 Å². The number of nitrogens with zero attached hydrogens (tertiary/aromatic N) is 4. The molecule has 4 aromatic rings. The Balaban J connectivity index is 1.32. The summed E-state index contributed by atoms with van der Waals surface area (Å²) in [5, 5.41) is 13.8. The molecular formula is C35H40FN5O3S. The highest BCUT2D eigenvalue weighted by molar-refractivity contribution is 7.14. The van der Waals surface area contributed by atoms with Crippen molar-refractivity contribution < 1.29 is 14.3 Å². The second-order valence-electron chi connectivity index (χ2n) is 12.6. The first-order chi connectivity index (χ1) is 21.6. The van der Waals surface area contributed by atoms with E-state index in [1.807, 2.05) is 18.3 Å². The monoisotopic (exact) mass is 629 g/mol. The molecule has 2 aliphatic rings. The molecular weight excluding hydrogens is 589 g/mol. The molecule has 8 nitrogen and oxygen atoms in total. The van der Waals surface area contributed by atoms with Crippen LogP contribution in [0.15, 0.2) is 47.5 Å². The number of halogens is 1. The van der Waals surface area contributed by atoms with Crippen molar-refractivity contribution in [3.05, 3.63) is 90.9 Å². The van der Waals surface area contributed by atoms with E-state index < -0.39 is 12.4 Å². The summed E-state index contributed by atoms with van der Waals surface area (Å²) in [4.78, 5) is 37.4. The van der Waals surface area contributed by atoms with Gasteiger partial charge in [-0.15, -0.1) is 11.3 Å². The minimum Gasteiger partial charge on any atom is -0.392 e. The number of aliphatic hydroxyl groups excluding tert-OH is 1. The molecule has 1 fully saturated rings. The maximum absolute atomic E-state index is 15.3. The van der Waals surface area contributed by atoms with E-state index in [9.17, 15) is 14.7 Å². The molecule has 10 heteroatoms. The largest absolute Gasteiger partial charge is 0.392 e. The molecule has 3 aromatic heterocycles. The summed E-state index contributed by atoms with van der Waals surface area (Å²) in [7, 11) is 1.63. The first-order valence-electron chi connectivity index (χ1n) is 15.6. The molecule has 6 rings (SSSR count). The first kappa shape index (κ1) is 31.1. The molecule has 0 spiro atoms. The zero-order valence-corrected chi connectivity index (χ0v) is 27.3. The van der Waals surface area contributed by atoms with Crippen LogP contribution in [-0.4, -0.2) is 51.6 Å². The number of aliphatic hydroxyl groups is 1. The van der Waals surface area contributed by atoms with E-state index in [-0.39, 0.29) is 17.2 Å². The van der Waals surface area contributed by atoms with Crippen LogP contribution in [0.5, 0.6) is 0 Å². The van der Waals surface area contributed by atoms with Gasteiger partial charge in [-0.2, -0.15) is 0 Å². The molecule has 0 bridgehead atoms. The summed E-state index contributed by atoms with van der Waals surface area (Å²) in [6.07, 6.45) is 5.03. The minimum atomic E-state index is -0.531. The van der Waals surface area contributed by atoms with Crippen molar-refractivity contribution in [1.29, 1.82) is 0 Å². The van der Waals surface area contributed by atoms with Gasteiger partial charge in [0.1, 0.15) is 17.3 Å². The molecule has 5 heterocycles. The molecule has 0 unspecified atom stereocenters. The standard InChI is InChI=1S/C35H40FN5O3S/c1-6-40-17-24(18-40)22-7-8-32(37-15-22)38-29-12-23(16-39(5)34(29)43)27-13-25(36)14-30(28(27)19-42)41-10-9-26-21(4)31(11-20(2)3)45-33(26)35(41)44/h7-8,12-16,20,24,42H,6,9-11,17-19H2,1-5H3,(H,37,38). The van der Waals surface area contributed by atoms with Crippen LogP contribution in [0.2, 0.25) is 0 Å². The molecule has 2 N–H and O–H groups in total. The Morgan fingerprint density at radius 3 is 2.62 bits per heavy atom. The van der Waals surface area contributed by atoms with E-state index in [1.54, 1.807) is 24.2 Å². The smallest absolute Gasteiger partial charge is 0.274 e.